The molecule has 0 rings (SSSR count). The Morgan fingerprint density at radius 2 is 2.00 bits per heavy atom. The van der Waals surface area contributed by atoms with Gasteiger partial charge in [0, 0.05) is 0 Å². The van der Waals surface area contributed by atoms with E-state index in [1.54, 1.807) is 0 Å². The molecule has 0 aliphatic heterocycles. The number of primary amides is 1. The summed E-state index contributed by atoms with van der Waals surface area (Å²) < 4.78 is 4.55. The zero-order valence-corrected chi connectivity index (χ0v) is 7.68. The number of carboxylic acids is 1. The van der Waals surface area contributed by atoms with Crippen molar-refractivity contribution in [2.45, 2.75) is 25.0 Å². The highest BCUT2D eigenvalue weighted by atomic mass is 16.6. The molecule has 0 radical (unpaired) electrons. The topological polar surface area (TPSA) is 142 Å². The van der Waals surface area contributed by atoms with Gasteiger partial charge in [-0.15, -0.1) is 0 Å². The molecule has 0 spiro atoms. The van der Waals surface area contributed by atoms with Gasteiger partial charge in [-0.3, -0.25) is 4.79 Å². The SMILES string of the molecule is NCCCC(OC(N)=O)[C@H](N)C(=O)O. The number of hydrogen-bond acceptors (Lipinski definition) is 5. The van der Waals surface area contributed by atoms with E-state index in [9.17, 15) is 9.59 Å². The van der Waals surface area contributed by atoms with Crippen LogP contribution in [0.15, 0.2) is 0 Å². The molecule has 0 aromatic carbocycles. The molecule has 7 N–H and O–H groups in total. The monoisotopic (exact) mass is 205 g/mol. The van der Waals surface area contributed by atoms with Gasteiger partial charge >= 0.3 is 12.1 Å². The highest BCUT2D eigenvalue weighted by Crippen LogP contribution is 2.06. The fourth-order valence-corrected chi connectivity index (χ4v) is 0.939. The Morgan fingerprint density at radius 3 is 2.36 bits per heavy atom. The van der Waals surface area contributed by atoms with E-state index >= 15 is 0 Å². The summed E-state index contributed by atoms with van der Waals surface area (Å²) in [7, 11) is 0. The number of nitrogens with two attached hydrogens (primary N) is 3. The first-order valence-corrected chi connectivity index (χ1v) is 4.13. The molecule has 2 atom stereocenters. The summed E-state index contributed by atoms with van der Waals surface area (Å²) in [5, 5.41) is 8.58. The molecule has 1 unspecified atom stereocenters. The second kappa shape index (κ2) is 6.17. The van der Waals surface area contributed by atoms with Gasteiger partial charge in [-0.05, 0) is 19.4 Å². The predicted octanol–water partition coefficient (Wildman–Crippen LogP) is -1.40. The Kier molecular flexibility index (Phi) is 5.58. The maximum atomic E-state index is 10.5. The van der Waals surface area contributed by atoms with Crippen LogP contribution in [0.5, 0.6) is 0 Å². The van der Waals surface area contributed by atoms with Crippen LogP contribution in [0.3, 0.4) is 0 Å². The number of rotatable bonds is 6. The van der Waals surface area contributed by atoms with E-state index in [0.29, 0.717) is 13.0 Å². The standard InChI is InChI=1S/C7H15N3O4/c8-3-1-2-4(14-7(10)13)5(9)6(11)12/h4-5H,1-3,8-9H2,(H2,10,13)(H,11,12)/t4?,5-/m0/s1. The van der Waals surface area contributed by atoms with Crippen LogP contribution in [0.25, 0.3) is 0 Å². The minimum Gasteiger partial charge on any atom is -0.480 e. The molecule has 0 aromatic rings. The first-order chi connectivity index (χ1) is 6.49. The summed E-state index contributed by atoms with van der Waals surface area (Å²) in [4.78, 5) is 20.9. The maximum Gasteiger partial charge on any atom is 0.404 e. The second-order valence-corrected chi connectivity index (χ2v) is 2.77. The van der Waals surface area contributed by atoms with E-state index in [2.05, 4.69) is 4.74 Å². The molecule has 0 saturated carbocycles. The number of aliphatic carboxylic acids is 1. The normalized spacial score (nSPS) is 14.4. The Labute approximate surface area is 81.2 Å². The molecular weight excluding hydrogens is 190 g/mol. The van der Waals surface area contributed by atoms with Gasteiger partial charge in [-0.2, -0.15) is 0 Å². The third-order valence-corrected chi connectivity index (χ3v) is 1.65. The minimum absolute atomic E-state index is 0.285. The minimum atomic E-state index is -1.27. The molecule has 1 amide bonds. The summed E-state index contributed by atoms with van der Waals surface area (Å²) in [5.74, 6) is -1.24. The van der Waals surface area contributed by atoms with Gasteiger partial charge in [0.25, 0.3) is 0 Å². The van der Waals surface area contributed by atoms with Gasteiger partial charge in [-0.1, -0.05) is 0 Å². The fraction of sp³-hybridized carbons (Fsp3) is 0.714. The fourth-order valence-electron chi connectivity index (χ4n) is 0.939. The van der Waals surface area contributed by atoms with E-state index in [-0.39, 0.29) is 6.42 Å². The van der Waals surface area contributed by atoms with Crippen molar-refractivity contribution in [3.8, 4) is 0 Å². The van der Waals surface area contributed by atoms with Crippen LogP contribution >= 0.6 is 0 Å². The first kappa shape index (κ1) is 12.7. The Bertz CT molecular complexity index is 209. The van der Waals surface area contributed by atoms with Crippen molar-refractivity contribution in [1.82, 2.24) is 0 Å². The van der Waals surface area contributed by atoms with E-state index in [0.717, 1.165) is 0 Å². The first-order valence-electron chi connectivity index (χ1n) is 4.13. The Hall–Kier alpha value is -1.34. The van der Waals surface area contributed by atoms with Crippen LogP contribution in [-0.4, -0.2) is 35.9 Å². The lowest BCUT2D eigenvalue weighted by Crippen LogP contribution is -2.45. The molecular formula is C7H15N3O4. The van der Waals surface area contributed by atoms with Gasteiger partial charge in [-0.25, -0.2) is 4.79 Å². The number of carboxylic acid groups (broad SMARTS) is 1. The number of carbonyl (C=O) groups excluding carboxylic acids is 1. The van der Waals surface area contributed by atoms with Crippen molar-refractivity contribution in [3.05, 3.63) is 0 Å². The molecule has 0 saturated heterocycles. The van der Waals surface area contributed by atoms with Gasteiger partial charge in [0.05, 0.1) is 0 Å². The molecule has 0 heterocycles. The van der Waals surface area contributed by atoms with Crippen LogP contribution < -0.4 is 17.2 Å². The summed E-state index contributed by atoms with van der Waals surface area (Å²) >= 11 is 0. The van der Waals surface area contributed by atoms with Crippen LogP contribution in [0.2, 0.25) is 0 Å². The molecule has 0 fully saturated rings. The maximum absolute atomic E-state index is 10.5. The van der Waals surface area contributed by atoms with E-state index in [4.69, 9.17) is 22.3 Å². The van der Waals surface area contributed by atoms with Gasteiger partial charge in [0.2, 0.25) is 0 Å². The van der Waals surface area contributed by atoms with E-state index in [1.807, 2.05) is 0 Å². The molecule has 14 heavy (non-hydrogen) atoms. The second-order valence-electron chi connectivity index (χ2n) is 2.77. The average Bonchev–Trinajstić information content (AvgIpc) is 2.10. The number of amides is 1. The van der Waals surface area contributed by atoms with Crippen molar-refractivity contribution < 1.29 is 19.4 Å². The smallest absolute Gasteiger partial charge is 0.404 e. The summed E-state index contributed by atoms with van der Waals surface area (Å²) in [6.07, 6.45) is -1.16. The lowest BCUT2D eigenvalue weighted by atomic mass is 10.1. The number of carbonyl (C=O) groups is 2. The number of ether oxygens (including phenoxy) is 1. The van der Waals surface area contributed by atoms with E-state index in [1.165, 1.54) is 0 Å². The highest BCUT2D eigenvalue weighted by molar-refractivity contribution is 5.74. The van der Waals surface area contributed by atoms with Crippen LogP contribution in [0.4, 0.5) is 4.79 Å². The van der Waals surface area contributed by atoms with Crippen molar-refractivity contribution in [1.29, 1.82) is 0 Å². The molecule has 0 aliphatic rings. The van der Waals surface area contributed by atoms with Crippen LogP contribution in [0, 0.1) is 0 Å². The van der Waals surface area contributed by atoms with Gasteiger partial charge in [0.1, 0.15) is 12.1 Å². The number of hydrogen-bond donors (Lipinski definition) is 4. The third kappa shape index (κ3) is 4.63. The summed E-state index contributed by atoms with van der Waals surface area (Å²) in [6, 6.07) is -1.27. The lowest BCUT2D eigenvalue weighted by Gasteiger charge is -2.19. The largest absolute Gasteiger partial charge is 0.480 e. The summed E-state index contributed by atoms with van der Waals surface area (Å²) in [5.41, 5.74) is 15.3. The molecule has 0 aromatic heterocycles. The third-order valence-electron chi connectivity index (χ3n) is 1.65. The summed E-state index contributed by atoms with van der Waals surface area (Å²) in [6.45, 7) is 0.366. The van der Waals surface area contributed by atoms with Crippen molar-refractivity contribution in [2.75, 3.05) is 6.54 Å². The Balaban J connectivity index is 4.22. The van der Waals surface area contributed by atoms with Crippen molar-refractivity contribution in [3.63, 3.8) is 0 Å². The van der Waals surface area contributed by atoms with E-state index < -0.39 is 24.2 Å². The van der Waals surface area contributed by atoms with Crippen LogP contribution in [-0.2, 0) is 9.53 Å². The van der Waals surface area contributed by atoms with Crippen molar-refractivity contribution in [2.24, 2.45) is 17.2 Å². The molecule has 7 nitrogen and oxygen atoms in total. The lowest BCUT2D eigenvalue weighted by molar-refractivity contribution is -0.141. The molecule has 0 bridgehead atoms. The Morgan fingerprint density at radius 1 is 1.43 bits per heavy atom. The van der Waals surface area contributed by atoms with Gasteiger partial charge < -0.3 is 27.0 Å². The zero-order valence-electron chi connectivity index (χ0n) is 7.68. The van der Waals surface area contributed by atoms with Crippen LogP contribution in [0.1, 0.15) is 12.8 Å². The molecule has 82 valence electrons. The van der Waals surface area contributed by atoms with Gasteiger partial charge in [0.15, 0.2) is 0 Å². The zero-order chi connectivity index (χ0) is 11.1. The molecule has 0 aliphatic carbocycles. The quantitative estimate of drug-likeness (QED) is 0.420. The average molecular weight is 205 g/mol. The highest BCUT2D eigenvalue weighted by Gasteiger charge is 2.26. The van der Waals surface area contributed by atoms with Crippen molar-refractivity contribution >= 4 is 12.1 Å². The predicted molar refractivity (Wildman–Crippen MR) is 48.4 cm³/mol. The molecule has 7 heteroatoms.